The first-order valence-corrected chi connectivity index (χ1v) is 4.39. The maximum Gasteiger partial charge on any atom is 0.234 e. The van der Waals surface area contributed by atoms with Crippen LogP contribution < -0.4 is 10.6 Å². The van der Waals surface area contributed by atoms with Crippen molar-refractivity contribution in [2.75, 3.05) is 6.54 Å². The van der Waals surface area contributed by atoms with Gasteiger partial charge in [0, 0.05) is 12.1 Å². The zero-order chi connectivity index (χ0) is 7.68. The van der Waals surface area contributed by atoms with Crippen molar-refractivity contribution in [3.8, 4) is 0 Å². The van der Waals surface area contributed by atoms with E-state index in [1.807, 2.05) is 0 Å². The first kappa shape index (κ1) is 9.81. The Labute approximate surface area is 78.7 Å². The van der Waals surface area contributed by atoms with Gasteiger partial charge in [0.25, 0.3) is 0 Å². The molecule has 2 fully saturated rings. The summed E-state index contributed by atoms with van der Waals surface area (Å²) in [5, 5.41) is 6.28. The summed E-state index contributed by atoms with van der Waals surface area (Å²) in [6.07, 6.45) is 4.96. The molecule has 2 N–H and O–H groups in total. The molecule has 0 aromatic rings. The highest BCUT2D eigenvalue weighted by Gasteiger charge is 2.29. The van der Waals surface area contributed by atoms with Crippen LogP contribution in [0.2, 0.25) is 0 Å². The molecule has 0 radical (unpaired) electrons. The van der Waals surface area contributed by atoms with Gasteiger partial charge in [-0.3, -0.25) is 4.79 Å². The van der Waals surface area contributed by atoms with Gasteiger partial charge in [-0.05, 0) is 12.8 Å². The second-order valence-electron chi connectivity index (χ2n) is 3.45. The van der Waals surface area contributed by atoms with E-state index in [9.17, 15) is 4.79 Å². The lowest BCUT2D eigenvalue weighted by Crippen LogP contribution is -2.59. The molecule has 2 unspecified atom stereocenters. The molecule has 1 saturated carbocycles. The molecule has 0 bridgehead atoms. The number of nitrogens with one attached hydrogen (secondary N) is 2. The van der Waals surface area contributed by atoms with Crippen molar-refractivity contribution in [3.05, 3.63) is 0 Å². The fraction of sp³-hybridized carbons (Fsp3) is 0.875. The Balaban J connectivity index is 0.000000720. The molecule has 0 aromatic heterocycles. The summed E-state index contributed by atoms with van der Waals surface area (Å²) in [4.78, 5) is 10.9. The van der Waals surface area contributed by atoms with Gasteiger partial charge in [-0.2, -0.15) is 0 Å². The highest BCUT2D eigenvalue weighted by molar-refractivity contribution is 5.85. The van der Waals surface area contributed by atoms with E-state index in [1.54, 1.807) is 0 Å². The minimum Gasteiger partial charge on any atom is -0.351 e. The fourth-order valence-corrected chi connectivity index (χ4v) is 2.03. The van der Waals surface area contributed by atoms with E-state index in [2.05, 4.69) is 10.6 Å². The van der Waals surface area contributed by atoms with Crippen LogP contribution in [0.25, 0.3) is 0 Å². The molecule has 4 heteroatoms. The standard InChI is InChI=1S/C8H14N2O.ClH/c11-8-5-9-6-3-1-2-4-7(6)10-8;/h6-7,9H,1-5H2,(H,10,11);1H. The lowest BCUT2D eigenvalue weighted by atomic mass is 9.89. The third-order valence-corrected chi connectivity index (χ3v) is 2.64. The predicted octanol–water partition coefficient (Wildman–Crippen LogP) is 0.439. The van der Waals surface area contributed by atoms with E-state index in [4.69, 9.17) is 0 Å². The van der Waals surface area contributed by atoms with Gasteiger partial charge in [0.15, 0.2) is 0 Å². The zero-order valence-electron chi connectivity index (χ0n) is 7.01. The quantitative estimate of drug-likeness (QED) is 0.582. The molecule has 1 heterocycles. The number of piperazine rings is 1. The average molecular weight is 191 g/mol. The van der Waals surface area contributed by atoms with Gasteiger partial charge >= 0.3 is 0 Å². The fourth-order valence-electron chi connectivity index (χ4n) is 2.03. The molecule has 2 atom stereocenters. The molecular formula is C8H15ClN2O. The number of rotatable bonds is 0. The Bertz CT molecular complexity index is 174. The highest BCUT2D eigenvalue weighted by atomic mass is 35.5. The molecule has 0 spiro atoms. The van der Waals surface area contributed by atoms with E-state index < -0.39 is 0 Å². The maximum absolute atomic E-state index is 10.9. The zero-order valence-corrected chi connectivity index (χ0v) is 7.82. The minimum atomic E-state index is 0. The van der Waals surface area contributed by atoms with Crippen molar-refractivity contribution in [3.63, 3.8) is 0 Å². The molecular weight excluding hydrogens is 176 g/mol. The molecule has 1 amide bonds. The Morgan fingerprint density at radius 2 is 1.83 bits per heavy atom. The van der Waals surface area contributed by atoms with Crippen LogP contribution in [0, 0.1) is 0 Å². The number of carbonyl (C=O) groups excluding carboxylic acids is 1. The lowest BCUT2D eigenvalue weighted by molar-refractivity contribution is -0.123. The summed E-state index contributed by atoms with van der Waals surface area (Å²) in [6.45, 7) is 0.515. The monoisotopic (exact) mass is 190 g/mol. The van der Waals surface area contributed by atoms with Crippen LogP contribution in [-0.4, -0.2) is 24.5 Å². The normalized spacial score (nSPS) is 34.5. The molecule has 2 rings (SSSR count). The third kappa shape index (κ3) is 1.90. The van der Waals surface area contributed by atoms with Crippen LogP contribution in [0.4, 0.5) is 0 Å². The van der Waals surface area contributed by atoms with E-state index in [0.29, 0.717) is 18.6 Å². The van der Waals surface area contributed by atoms with E-state index >= 15 is 0 Å². The molecule has 1 saturated heterocycles. The van der Waals surface area contributed by atoms with Crippen molar-refractivity contribution >= 4 is 18.3 Å². The van der Waals surface area contributed by atoms with Gasteiger partial charge in [-0.15, -0.1) is 12.4 Å². The van der Waals surface area contributed by atoms with E-state index in [0.717, 1.165) is 6.42 Å². The first-order valence-electron chi connectivity index (χ1n) is 4.39. The van der Waals surface area contributed by atoms with Crippen LogP contribution in [0.3, 0.4) is 0 Å². The summed E-state index contributed by atoms with van der Waals surface area (Å²) in [6, 6.07) is 0.978. The third-order valence-electron chi connectivity index (χ3n) is 2.64. The van der Waals surface area contributed by atoms with E-state index in [-0.39, 0.29) is 18.3 Å². The molecule has 2 aliphatic rings. The SMILES string of the molecule is Cl.O=C1CNC2CCCCC2N1. The number of fused-ring (bicyclic) bond motifs is 1. The van der Waals surface area contributed by atoms with Crippen molar-refractivity contribution in [1.82, 2.24) is 10.6 Å². The van der Waals surface area contributed by atoms with Crippen molar-refractivity contribution in [1.29, 1.82) is 0 Å². The second-order valence-corrected chi connectivity index (χ2v) is 3.45. The van der Waals surface area contributed by atoms with Gasteiger partial charge in [0.2, 0.25) is 5.91 Å². The number of halogens is 1. The van der Waals surface area contributed by atoms with Crippen LogP contribution in [0.5, 0.6) is 0 Å². The minimum absolute atomic E-state index is 0. The Kier molecular flexibility index (Phi) is 3.35. The van der Waals surface area contributed by atoms with Crippen LogP contribution in [-0.2, 0) is 4.79 Å². The smallest absolute Gasteiger partial charge is 0.234 e. The number of amides is 1. The van der Waals surface area contributed by atoms with Crippen LogP contribution >= 0.6 is 12.4 Å². The van der Waals surface area contributed by atoms with Crippen molar-refractivity contribution < 1.29 is 4.79 Å². The lowest BCUT2D eigenvalue weighted by Gasteiger charge is -2.36. The highest BCUT2D eigenvalue weighted by Crippen LogP contribution is 2.19. The number of carbonyl (C=O) groups is 1. The molecule has 0 aromatic carbocycles. The first-order chi connectivity index (χ1) is 5.36. The number of hydrogen-bond acceptors (Lipinski definition) is 2. The van der Waals surface area contributed by atoms with Crippen molar-refractivity contribution in [2.45, 2.75) is 37.8 Å². The summed E-state index contributed by atoms with van der Waals surface area (Å²) in [5.41, 5.74) is 0. The summed E-state index contributed by atoms with van der Waals surface area (Å²) < 4.78 is 0. The molecule has 1 aliphatic carbocycles. The molecule has 1 aliphatic heterocycles. The van der Waals surface area contributed by atoms with Gasteiger partial charge < -0.3 is 10.6 Å². The topological polar surface area (TPSA) is 41.1 Å². The van der Waals surface area contributed by atoms with Gasteiger partial charge in [0.05, 0.1) is 6.54 Å². The Morgan fingerprint density at radius 3 is 2.58 bits per heavy atom. The van der Waals surface area contributed by atoms with Crippen molar-refractivity contribution in [2.24, 2.45) is 0 Å². The molecule has 70 valence electrons. The average Bonchev–Trinajstić information content (AvgIpc) is 2.04. The predicted molar refractivity (Wildman–Crippen MR) is 49.4 cm³/mol. The summed E-state index contributed by atoms with van der Waals surface area (Å²) in [5.74, 6) is 0.160. The van der Waals surface area contributed by atoms with Gasteiger partial charge in [0.1, 0.15) is 0 Å². The largest absolute Gasteiger partial charge is 0.351 e. The number of hydrogen-bond donors (Lipinski definition) is 2. The van der Waals surface area contributed by atoms with Gasteiger partial charge in [-0.25, -0.2) is 0 Å². The van der Waals surface area contributed by atoms with Crippen LogP contribution in [0.1, 0.15) is 25.7 Å². The van der Waals surface area contributed by atoms with Gasteiger partial charge in [-0.1, -0.05) is 12.8 Å². The summed E-state index contributed by atoms with van der Waals surface area (Å²) >= 11 is 0. The molecule has 12 heavy (non-hydrogen) atoms. The maximum atomic E-state index is 10.9. The second kappa shape index (κ2) is 4.10. The molecule has 3 nitrogen and oxygen atoms in total. The summed E-state index contributed by atoms with van der Waals surface area (Å²) in [7, 11) is 0. The van der Waals surface area contributed by atoms with Crippen LogP contribution in [0.15, 0.2) is 0 Å². The Morgan fingerprint density at radius 1 is 1.17 bits per heavy atom. The Hall–Kier alpha value is -0.280. The van der Waals surface area contributed by atoms with E-state index in [1.165, 1.54) is 19.3 Å².